The number of carboxylic acid groups (broad SMARTS) is 1. The van der Waals surface area contributed by atoms with Crippen LogP contribution in [-0.2, 0) is 9.59 Å². The summed E-state index contributed by atoms with van der Waals surface area (Å²) in [5, 5.41) is 8.47. The molecule has 20 heavy (non-hydrogen) atoms. The van der Waals surface area contributed by atoms with Crippen LogP contribution in [0, 0.1) is 0 Å². The van der Waals surface area contributed by atoms with Crippen LogP contribution < -0.4 is 9.47 Å². The van der Waals surface area contributed by atoms with E-state index in [0.717, 1.165) is 0 Å². The van der Waals surface area contributed by atoms with E-state index in [1.54, 1.807) is 24.3 Å². The van der Waals surface area contributed by atoms with Crippen LogP contribution in [0.2, 0.25) is 0 Å². The van der Waals surface area contributed by atoms with Crippen LogP contribution >= 0.6 is 0 Å². The number of carbonyl (C=O) groups is 2. The van der Waals surface area contributed by atoms with Crippen LogP contribution in [0.4, 0.5) is 0 Å². The Balaban J connectivity index is 2.45. The summed E-state index contributed by atoms with van der Waals surface area (Å²) in [7, 11) is 0. The Bertz CT molecular complexity index is 456. The van der Waals surface area contributed by atoms with E-state index in [9.17, 15) is 9.59 Å². The van der Waals surface area contributed by atoms with E-state index in [-0.39, 0.29) is 24.9 Å². The van der Waals surface area contributed by atoms with E-state index in [1.165, 1.54) is 0 Å². The molecule has 0 radical (unpaired) electrons. The van der Waals surface area contributed by atoms with Gasteiger partial charge in [0.25, 0.3) is 0 Å². The number of benzene rings is 1. The maximum absolute atomic E-state index is 11.5. The molecule has 0 saturated heterocycles. The van der Waals surface area contributed by atoms with E-state index >= 15 is 0 Å². The smallest absolute Gasteiger partial charge is 0.311 e. The third kappa shape index (κ3) is 6.78. The molecule has 5 heteroatoms. The Hall–Kier alpha value is -2.04. The van der Waals surface area contributed by atoms with E-state index in [4.69, 9.17) is 14.6 Å². The predicted octanol–water partition coefficient (Wildman–Crippen LogP) is 3.02. The highest BCUT2D eigenvalue weighted by Gasteiger charge is 2.12. The van der Waals surface area contributed by atoms with Gasteiger partial charge < -0.3 is 14.6 Å². The molecule has 0 aliphatic carbocycles. The number of hydrogen-bond donors (Lipinski definition) is 1. The SMILES string of the molecule is CC(C)(C)Oc1ccc(OC(=O)CCCC(=O)O)cc1. The summed E-state index contributed by atoms with van der Waals surface area (Å²) in [6, 6.07) is 6.75. The Labute approximate surface area is 118 Å². The van der Waals surface area contributed by atoms with Gasteiger partial charge in [-0.3, -0.25) is 9.59 Å². The molecule has 0 bridgehead atoms. The first kappa shape index (κ1) is 16.0. The molecule has 0 saturated carbocycles. The fourth-order valence-electron chi connectivity index (χ4n) is 1.50. The van der Waals surface area contributed by atoms with Crippen LogP contribution in [0.1, 0.15) is 40.0 Å². The summed E-state index contributed by atoms with van der Waals surface area (Å²) in [6.45, 7) is 5.84. The highest BCUT2D eigenvalue weighted by molar-refractivity contribution is 5.73. The quantitative estimate of drug-likeness (QED) is 0.640. The summed E-state index contributed by atoms with van der Waals surface area (Å²) in [5.41, 5.74) is -0.283. The van der Waals surface area contributed by atoms with Gasteiger partial charge in [0.2, 0.25) is 0 Å². The molecule has 1 aromatic rings. The Morgan fingerprint density at radius 1 is 1.05 bits per heavy atom. The van der Waals surface area contributed by atoms with Crippen molar-refractivity contribution < 1.29 is 24.2 Å². The summed E-state index contributed by atoms with van der Waals surface area (Å²) in [5.74, 6) is -0.230. The molecular weight excluding hydrogens is 260 g/mol. The van der Waals surface area contributed by atoms with Crippen molar-refractivity contribution in [1.29, 1.82) is 0 Å². The monoisotopic (exact) mass is 280 g/mol. The van der Waals surface area contributed by atoms with Crippen molar-refractivity contribution in [3.05, 3.63) is 24.3 Å². The highest BCUT2D eigenvalue weighted by atomic mass is 16.5. The van der Waals surface area contributed by atoms with Crippen molar-refractivity contribution in [2.75, 3.05) is 0 Å². The topological polar surface area (TPSA) is 72.8 Å². The third-order valence-corrected chi connectivity index (χ3v) is 2.25. The summed E-state index contributed by atoms with van der Waals surface area (Å²) < 4.78 is 10.7. The molecule has 0 aromatic heterocycles. The number of esters is 1. The number of carboxylic acids is 1. The van der Waals surface area contributed by atoms with Crippen molar-refractivity contribution in [2.45, 2.75) is 45.6 Å². The average Bonchev–Trinajstić information content (AvgIpc) is 2.29. The minimum Gasteiger partial charge on any atom is -0.488 e. The molecule has 0 aliphatic heterocycles. The molecule has 110 valence electrons. The Morgan fingerprint density at radius 2 is 1.60 bits per heavy atom. The van der Waals surface area contributed by atoms with Crippen LogP contribution in [0.3, 0.4) is 0 Å². The third-order valence-electron chi connectivity index (χ3n) is 2.25. The number of carbonyl (C=O) groups excluding carboxylic acids is 1. The van der Waals surface area contributed by atoms with Crippen LogP contribution in [0.25, 0.3) is 0 Å². The first-order chi connectivity index (χ1) is 9.26. The second-order valence-corrected chi connectivity index (χ2v) is 5.41. The van der Waals surface area contributed by atoms with Crippen molar-refractivity contribution >= 4 is 11.9 Å². The molecule has 1 N–H and O–H groups in total. The summed E-state index contributed by atoms with van der Waals surface area (Å²) in [4.78, 5) is 21.8. The van der Waals surface area contributed by atoms with Gasteiger partial charge in [-0.25, -0.2) is 0 Å². The average molecular weight is 280 g/mol. The van der Waals surface area contributed by atoms with Gasteiger partial charge in [-0.2, -0.15) is 0 Å². The van der Waals surface area contributed by atoms with Crippen molar-refractivity contribution in [3.8, 4) is 11.5 Å². The second kappa shape index (κ2) is 6.93. The lowest BCUT2D eigenvalue weighted by Gasteiger charge is -2.21. The number of aliphatic carboxylic acids is 1. The lowest BCUT2D eigenvalue weighted by molar-refractivity contribution is -0.137. The van der Waals surface area contributed by atoms with Gasteiger partial charge in [0.15, 0.2) is 0 Å². The predicted molar refractivity (Wildman–Crippen MR) is 73.9 cm³/mol. The minimum absolute atomic E-state index is 0.0343. The molecule has 1 aromatic carbocycles. The lowest BCUT2D eigenvalue weighted by atomic mass is 10.2. The summed E-state index contributed by atoms with van der Waals surface area (Å²) in [6.07, 6.45) is 0.333. The van der Waals surface area contributed by atoms with Gasteiger partial charge in [-0.05, 0) is 51.5 Å². The minimum atomic E-state index is -0.915. The van der Waals surface area contributed by atoms with Crippen LogP contribution in [-0.4, -0.2) is 22.6 Å². The number of rotatable bonds is 6. The largest absolute Gasteiger partial charge is 0.488 e. The molecule has 0 amide bonds. The van der Waals surface area contributed by atoms with Crippen LogP contribution in [0.15, 0.2) is 24.3 Å². The number of hydrogen-bond acceptors (Lipinski definition) is 4. The van der Waals surface area contributed by atoms with E-state index in [2.05, 4.69) is 0 Å². The lowest BCUT2D eigenvalue weighted by Crippen LogP contribution is -2.22. The molecule has 0 aliphatic rings. The Kier molecular flexibility index (Phi) is 5.55. The Morgan fingerprint density at radius 3 is 2.10 bits per heavy atom. The van der Waals surface area contributed by atoms with Gasteiger partial charge >= 0.3 is 11.9 Å². The maximum atomic E-state index is 11.5. The highest BCUT2D eigenvalue weighted by Crippen LogP contribution is 2.21. The fraction of sp³-hybridized carbons (Fsp3) is 0.467. The molecular formula is C15H20O5. The zero-order chi connectivity index (χ0) is 15.2. The molecule has 0 spiro atoms. The normalized spacial score (nSPS) is 10.9. The van der Waals surface area contributed by atoms with Gasteiger partial charge in [-0.15, -0.1) is 0 Å². The van der Waals surface area contributed by atoms with E-state index in [1.807, 2.05) is 20.8 Å². The molecule has 5 nitrogen and oxygen atoms in total. The molecule has 0 heterocycles. The van der Waals surface area contributed by atoms with Crippen molar-refractivity contribution in [1.82, 2.24) is 0 Å². The van der Waals surface area contributed by atoms with Crippen molar-refractivity contribution in [2.24, 2.45) is 0 Å². The van der Waals surface area contributed by atoms with Gasteiger partial charge in [0, 0.05) is 12.8 Å². The van der Waals surface area contributed by atoms with Gasteiger partial charge in [0.1, 0.15) is 17.1 Å². The van der Waals surface area contributed by atoms with Crippen LogP contribution in [0.5, 0.6) is 11.5 Å². The fourth-order valence-corrected chi connectivity index (χ4v) is 1.50. The molecule has 0 fully saturated rings. The molecule has 0 unspecified atom stereocenters. The number of ether oxygens (including phenoxy) is 2. The van der Waals surface area contributed by atoms with E-state index in [0.29, 0.717) is 11.5 Å². The van der Waals surface area contributed by atoms with E-state index < -0.39 is 11.9 Å². The zero-order valence-electron chi connectivity index (χ0n) is 12.0. The van der Waals surface area contributed by atoms with Crippen molar-refractivity contribution in [3.63, 3.8) is 0 Å². The second-order valence-electron chi connectivity index (χ2n) is 5.41. The molecule has 0 atom stereocenters. The van der Waals surface area contributed by atoms with Gasteiger partial charge in [0.05, 0.1) is 0 Å². The first-order valence-electron chi connectivity index (χ1n) is 6.48. The summed E-state index contributed by atoms with van der Waals surface area (Å²) >= 11 is 0. The standard InChI is InChI=1S/C15H20O5/c1-15(2,3)20-12-9-7-11(8-10-12)19-14(18)6-4-5-13(16)17/h7-10H,4-6H2,1-3H3,(H,16,17). The first-order valence-corrected chi connectivity index (χ1v) is 6.48. The molecule has 1 rings (SSSR count). The zero-order valence-corrected chi connectivity index (χ0v) is 12.0. The van der Waals surface area contributed by atoms with Gasteiger partial charge in [-0.1, -0.05) is 0 Å². The maximum Gasteiger partial charge on any atom is 0.311 e.